The van der Waals surface area contributed by atoms with Crippen molar-refractivity contribution in [3.8, 4) is 22.9 Å². The Bertz CT molecular complexity index is 1610. The molecule has 4 heterocycles. The number of rotatable bonds is 5. The molecule has 0 saturated heterocycles. The summed E-state index contributed by atoms with van der Waals surface area (Å²) in [5.74, 6) is -3.79. The van der Waals surface area contributed by atoms with Crippen molar-refractivity contribution in [2.24, 2.45) is 5.92 Å². The second kappa shape index (κ2) is 9.37. The molecule has 0 fully saturated rings. The summed E-state index contributed by atoms with van der Waals surface area (Å²) in [4.78, 5) is 21.8. The summed E-state index contributed by atoms with van der Waals surface area (Å²) in [6.07, 6.45) is -2.75. The second-order valence-corrected chi connectivity index (χ2v) is 8.73. The zero-order valence-corrected chi connectivity index (χ0v) is 19.6. The molecule has 38 heavy (non-hydrogen) atoms. The van der Waals surface area contributed by atoms with E-state index in [1.54, 1.807) is 6.07 Å². The van der Waals surface area contributed by atoms with Crippen LogP contribution in [0.2, 0.25) is 0 Å². The van der Waals surface area contributed by atoms with Gasteiger partial charge in [0.15, 0.2) is 12.3 Å². The highest BCUT2D eigenvalue weighted by atomic mass is 19.4. The Hall–Kier alpha value is -4.60. The first-order valence-electron chi connectivity index (χ1n) is 11.3. The fourth-order valence-electron chi connectivity index (χ4n) is 4.23. The number of carbonyl (C=O) groups excluding carboxylic acids is 1. The lowest BCUT2D eigenvalue weighted by atomic mass is 9.92. The number of hydrogen-bond acceptors (Lipinski definition) is 6. The first-order valence-corrected chi connectivity index (χ1v) is 11.3. The van der Waals surface area contributed by atoms with E-state index < -0.39 is 36.1 Å². The minimum Gasteiger partial charge on any atom is -0.482 e. The third-order valence-electron chi connectivity index (χ3n) is 6.23. The molecule has 0 saturated carbocycles. The van der Waals surface area contributed by atoms with E-state index in [9.17, 15) is 32.0 Å². The molecular formula is C25H17F5N6O2. The molecule has 8 nitrogen and oxygen atoms in total. The normalized spacial score (nSPS) is 14.2. The fraction of sp³-hybridized carbons (Fsp3) is 0.240. The van der Waals surface area contributed by atoms with Crippen LogP contribution in [0, 0.1) is 28.9 Å². The zero-order valence-electron chi connectivity index (χ0n) is 19.6. The number of carbonyl (C=O) groups is 1. The van der Waals surface area contributed by atoms with Gasteiger partial charge in [0.25, 0.3) is 5.91 Å². The Morgan fingerprint density at radius 3 is 2.71 bits per heavy atom. The fourth-order valence-corrected chi connectivity index (χ4v) is 4.23. The van der Waals surface area contributed by atoms with Gasteiger partial charge in [-0.05, 0) is 17.7 Å². The van der Waals surface area contributed by atoms with Gasteiger partial charge in [0.05, 0.1) is 47.5 Å². The van der Waals surface area contributed by atoms with Gasteiger partial charge in [-0.1, -0.05) is 13.0 Å². The quantitative estimate of drug-likeness (QED) is 0.372. The predicted octanol–water partition coefficient (Wildman–Crippen LogP) is 4.84. The molecule has 5 rings (SSSR count). The molecule has 0 radical (unpaired) electrons. The Labute approximate surface area is 211 Å². The zero-order chi connectivity index (χ0) is 27.2. The number of alkyl halides is 3. The third-order valence-corrected chi connectivity index (χ3v) is 6.23. The number of amides is 1. The molecule has 0 spiro atoms. The molecule has 194 valence electrons. The number of anilines is 1. The lowest BCUT2D eigenvalue weighted by Gasteiger charge is -2.29. The van der Waals surface area contributed by atoms with Crippen molar-refractivity contribution in [3.05, 3.63) is 65.2 Å². The number of nitriles is 1. The van der Waals surface area contributed by atoms with Gasteiger partial charge in [-0.2, -0.15) is 23.5 Å². The molecule has 1 amide bonds. The average molecular weight is 528 g/mol. The van der Waals surface area contributed by atoms with Crippen LogP contribution in [-0.2, 0) is 17.8 Å². The molecule has 1 aromatic carbocycles. The smallest absolute Gasteiger partial charge is 0.391 e. The Morgan fingerprint density at radius 2 is 2.00 bits per heavy atom. The number of aromatic nitrogens is 4. The van der Waals surface area contributed by atoms with Gasteiger partial charge in [-0.3, -0.25) is 19.8 Å². The summed E-state index contributed by atoms with van der Waals surface area (Å²) in [6.45, 7) is 0.345. The molecule has 1 aliphatic rings. The topological polar surface area (TPSA) is 108 Å². The highest BCUT2D eigenvalue weighted by Crippen LogP contribution is 2.41. The van der Waals surface area contributed by atoms with E-state index in [0.29, 0.717) is 22.6 Å². The van der Waals surface area contributed by atoms with Crippen molar-refractivity contribution in [3.63, 3.8) is 0 Å². The number of aromatic amines is 1. The third kappa shape index (κ3) is 4.49. The number of nitrogens with zero attached hydrogens (tertiary/aromatic N) is 5. The monoisotopic (exact) mass is 528 g/mol. The molecule has 1 unspecified atom stereocenters. The van der Waals surface area contributed by atoms with Gasteiger partial charge in [0, 0.05) is 23.4 Å². The lowest BCUT2D eigenvalue weighted by molar-refractivity contribution is -0.169. The molecule has 3 aromatic heterocycles. The van der Waals surface area contributed by atoms with E-state index in [1.165, 1.54) is 23.2 Å². The molecule has 1 atom stereocenters. The van der Waals surface area contributed by atoms with E-state index in [4.69, 9.17) is 4.74 Å². The molecule has 4 aromatic rings. The summed E-state index contributed by atoms with van der Waals surface area (Å²) in [5.41, 5.74) is 0.955. The van der Waals surface area contributed by atoms with Gasteiger partial charge < -0.3 is 4.74 Å². The maximum atomic E-state index is 14.2. The molecule has 0 bridgehead atoms. The lowest BCUT2D eigenvalue weighted by Crippen LogP contribution is -2.38. The molecule has 0 aliphatic carbocycles. The van der Waals surface area contributed by atoms with Crippen molar-refractivity contribution in [2.75, 3.05) is 11.5 Å². The number of hydrogen-bond donors (Lipinski definition) is 1. The average Bonchev–Trinajstić information content (AvgIpc) is 3.33. The van der Waals surface area contributed by atoms with Gasteiger partial charge in [0.2, 0.25) is 0 Å². The van der Waals surface area contributed by atoms with Crippen molar-refractivity contribution in [1.82, 2.24) is 20.2 Å². The van der Waals surface area contributed by atoms with Gasteiger partial charge >= 0.3 is 6.18 Å². The predicted molar refractivity (Wildman–Crippen MR) is 124 cm³/mol. The number of ether oxygens (including phenoxy) is 1. The van der Waals surface area contributed by atoms with E-state index in [1.807, 2.05) is 6.07 Å². The second-order valence-electron chi connectivity index (χ2n) is 8.73. The minimum atomic E-state index is -4.48. The van der Waals surface area contributed by atoms with Crippen LogP contribution in [-0.4, -0.2) is 38.9 Å². The Morgan fingerprint density at radius 1 is 1.21 bits per heavy atom. The number of pyridine rings is 2. The highest BCUT2D eigenvalue weighted by Gasteiger charge is 2.37. The van der Waals surface area contributed by atoms with E-state index in [0.717, 1.165) is 13.1 Å². The summed E-state index contributed by atoms with van der Waals surface area (Å²) in [7, 11) is 0. The number of benzene rings is 1. The molecule has 13 heteroatoms. The van der Waals surface area contributed by atoms with Crippen LogP contribution >= 0.6 is 0 Å². The van der Waals surface area contributed by atoms with Crippen LogP contribution in [0.4, 0.5) is 27.6 Å². The first kappa shape index (κ1) is 25.1. The molecule has 1 N–H and O–H groups in total. The first-order chi connectivity index (χ1) is 18.1. The van der Waals surface area contributed by atoms with Crippen LogP contribution < -0.4 is 9.64 Å². The van der Waals surface area contributed by atoms with Gasteiger partial charge in [0.1, 0.15) is 23.5 Å². The number of nitrogens with one attached hydrogen (secondary N) is 1. The van der Waals surface area contributed by atoms with Crippen LogP contribution in [0.15, 0.2) is 36.7 Å². The van der Waals surface area contributed by atoms with E-state index in [2.05, 4.69) is 20.2 Å². The Balaban J connectivity index is 1.59. The summed E-state index contributed by atoms with van der Waals surface area (Å²) in [6, 6.07) is 7.24. The van der Waals surface area contributed by atoms with Gasteiger partial charge in [-0.15, -0.1) is 0 Å². The van der Waals surface area contributed by atoms with Gasteiger partial charge in [-0.25, -0.2) is 13.8 Å². The van der Waals surface area contributed by atoms with Crippen molar-refractivity contribution in [2.45, 2.75) is 26.1 Å². The van der Waals surface area contributed by atoms with Crippen molar-refractivity contribution >= 4 is 22.6 Å². The van der Waals surface area contributed by atoms with Crippen molar-refractivity contribution in [1.29, 1.82) is 5.26 Å². The van der Waals surface area contributed by atoms with Crippen LogP contribution in [0.3, 0.4) is 0 Å². The summed E-state index contributed by atoms with van der Waals surface area (Å²) >= 11 is 0. The van der Waals surface area contributed by atoms with E-state index >= 15 is 0 Å². The standard InChI is InChI=1S/C25H17F5N6O2/c1-12(25(28,29)30)4-18-15(7-31)23(16-9-33-35-24(16)34-18)13-2-3-20-21(5-13)38-11-22(37)36(20)10-19-17(27)6-14(26)8-32-19/h2-3,5-6,8-9,12H,4,10-11H2,1H3,(H,33,34,35). The van der Waals surface area contributed by atoms with Crippen LogP contribution in [0.5, 0.6) is 5.75 Å². The SMILES string of the molecule is CC(Cc1nc2[nH]ncc2c(-c2ccc3c(c2)OCC(=O)N3Cc2ncc(F)cc2F)c1C#N)C(F)(F)F. The Kier molecular flexibility index (Phi) is 6.18. The summed E-state index contributed by atoms with van der Waals surface area (Å²) < 4.78 is 72.9. The van der Waals surface area contributed by atoms with Crippen molar-refractivity contribution < 1.29 is 31.5 Å². The largest absolute Gasteiger partial charge is 0.482 e. The number of H-pyrrole nitrogens is 1. The summed E-state index contributed by atoms with van der Waals surface area (Å²) in [5, 5.41) is 16.9. The highest BCUT2D eigenvalue weighted by molar-refractivity contribution is 6.00. The number of halogens is 5. The van der Waals surface area contributed by atoms with Crippen LogP contribution in [0.1, 0.15) is 23.9 Å². The minimum absolute atomic E-state index is 0.0441. The maximum Gasteiger partial charge on any atom is 0.391 e. The van der Waals surface area contributed by atoms with E-state index in [-0.39, 0.29) is 47.2 Å². The van der Waals surface area contributed by atoms with Crippen LogP contribution in [0.25, 0.3) is 22.2 Å². The maximum absolute atomic E-state index is 14.2. The number of fused-ring (bicyclic) bond motifs is 2. The molecule has 1 aliphatic heterocycles. The molecular weight excluding hydrogens is 511 g/mol.